The van der Waals surface area contributed by atoms with E-state index in [0.717, 1.165) is 76.4 Å². The van der Waals surface area contributed by atoms with Crippen molar-refractivity contribution in [3.05, 3.63) is 0 Å². The Morgan fingerprint density at radius 1 is 0.500 bits per heavy atom. The topological polar surface area (TPSA) is 349 Å². The number of unbranched alkanes of at least 4 members (excludes halogenated alkanes) is 18. The summed E-state index contributed by atoms with van der Waals surface area (Å²) in [6, 6.07) is 0. The second kappa shape index (κ2) is 31.6. The van der Waals surface area contributed by atoms with Gasteiger partial charge in [-0.1, -0.05) is 116 Å². The molecule has 1 rings (SSSR count). The highest BCUT2D eigenvalue weighted by atomic mass is 32.1. The summed E-state index contributed by atoms with van der Waals surface area (Å²) in [5.74, 6) is -0.597. The monoisotopic (exact) mass is 998 g/mol. The number of phosphoric acid groups is 4. The van der Waals surface area contributed by atoms with Gasteiger partial charge >= 0.3 is 43.2 Å². The van der Waals surface area contributed by atoms with Gasteiger partial charge in [-0.05, 0) is 25.0 Å². The first kappa shape index (κ1) is 59.7. The van der Waals surface area contributed by atoms with Gasteiger partial charge in [0.15, 0.2) is 6.10 Å². The van der Waals surface area contributed by atoms with Crippen LogP contribution in [0.2, 0.25) is 0 Å². The van der Waals surface area contributed by atoms with Crippen molar-refractivity contribution in [2.75, 3.05) is 19.0 Å². The van der Waals surface area contributed by atoms with Gasteiger partial charge in [-0.25, -0.2) is 18.3 Å². The number of carbonyl (C=O) groups excluding carboxylic acids is 2. The standard InChI is InChI=1S/C35H70O22P4S/c1-2-3-4-5-6-7-8-9-10-11-13-17-20-23-29(37)53-27(25-51-28(36)22-19-16-14-12-15-18-21-24-62)26-52-61(49,50)57-32-30(38)33(54-58(40,41)42)35(56-60(46,47)48)34(31(32)39)55-59(43,44)45/h27,30-35,38-39,62H,2-26H2,1H3,(H,49,50)(H2,40,41,42)(H2,43,44,45)(H2,46,47,48)/t27-,30-,31?,32?,33-,34+,35?/m0/s1. The summed E-state index contributed by atoms with van der Waals surface area (Å²) < 4.78 is 81.7. The highest BCUT2D eigenvalue weighted by Crippen LogP contribution is 2.53. The van der Waals surface area contributed by atoms with Crippen LogP contribution in [0, 0.1) is 0 Å². The first-order valence-electron chi connectivity index (χ1n) is 21.2. The zero-order valence-electron chi connectivity index (χ0n) is 35.3. The summed E-state index contributed by atoms with van der Waals surface area (Å²) >= 11 is 4.19. The van der Waals surface area contributed by atoms with Crippen molar-refractivity contribution in [2.45, 2.75) is 191 Å². The van der Waals surface area contributed by atoms with Gasteiger partial charge < -0.3 is 53.9 Å². The second-order valence-electron chi connectivity index (χ2n) is 15.2. The Hall–Kier alpha value is -0.350. The normalized spacial score (nSPS) is 22.6. The molecule has 0 bridgehead atoms. The number of aliphatic hydroxyl groups excluding tert-OH is 2. The Balaban J connectivity index is 2.98. The molecule has 0 aromatic carbocycles. The summed E-state index contributed by atoms with van der Waals surface area (Å²) in [4.78, 5) is 92.3. The molecule has 0 heterocycles. The Morgan fingerprint density at radius 3 is 1.27 bits per heavy atom. The van der Waals surface area contributed by atoms with Crippen LogP contribution in [0.5, 0.6) is 0 Å². The van der Waals surface area contributed by atoms with E-state index in [1.165, 1.54) is 44.9 Å². The summed E-state index contributed by atoms with van der Waals surface area (Å²) in [7, 11) is -23.0. The lowest BCUT2D eigenvalue weighted by Crippen LogP contribution is -2.65. The molecule has 0 amide bonds. The lowest BCUT2D eigenvalue weighted by atomic mass is 9.85. The number of phosphoric ester groups is 4. The van der Waals surface area contributed by atoms with Gasteiger partial charge in [0.25, 0.3) is 0 Å². The van der Waals surface area contributed by atoms with Gasteiger partial charge in [0.1, 0.15) is 43.2 Å². The van der Waals surface area contributed by atoms with Crippen molar-refractivity contribution in [1.82, 2.24) is 0 Å². The van der Waals surface area contributed by atoms with E-state index >= 15 is 0 Å². The summed E-state index contributed by atoms with van der Waals surface area (Å²) in [5.41, 5.74) is 0. The molecular weight excluding hydrogens is 928 g/mol. The van der Waals surface area contributed by atoms with Crippen molar-refractivity contribution >= 4 is 55.9 Å². The Bertz CT molecular complexity index is 1410. The Labute approximate surface area is 369 Å². The third-order valence-electron chi connectivity index (χ3n) is 9.70. The molecule has 62 heavy (non-hydrogen) atoms. The number of hydrogen-bond acceptors (Lipinski definition) is 16. The molecule has 368 valence electrons. The molecule has 0 aromatic rings. The molecule has 8 atom stereocenters. The fourth-order valence-corrected chi connectivity index (χ4v) is 9.53. The molecule has 22 nitrogen and oxygen atoms in total. The first-order valence-corrected chi connectivity index (χ1v) is 27.9. The minimum absolute atomic E-state index is 0.0264. The minimum Gasteiger partial charge on any atom is -0.462 e. The lowest BCUT2D eigenvalue weighted by molar-refractivity contribution is -0.209. The van der Waals surface area contributed by atoms with Crippen LogP contribution in [-0.2, 0) is 59.9 Å². The summed E-state index contributed by atoms with van der Waals surface area (Å²) in [6.45, 7) is 0.539. The van der Waals surface area contributed by atoms with E-state index in [4.69, 9.17) is 18.5 Å². The van der Waals surface area contributed by atoms with Crippen LogP contribution in [0.15, 0.2) is 0 Å². The quantitative estimate of drug-likeness (QED) is 0.0156. The van der Waals surface area contributed by atoms with E-state index in [2.05, 4.69) is 33.1 Å². The van der Waals surface area contributed by atoms with E-state index < -0.39 is 99.2 Å². The molecule has 1 aliphatic rings. The van der Waals surface area contributed by atoms with Gasteiger partial charge in [-0.2, -0.15) is 12.6 Å². The fraction of sp³-hybridized carbons (Fsp3) is 0.943. The summed E-state index contributed by atoms with van der Waals surface area (Å²) in [5, 5.41) is 21.7. The highest BCUT2D eigenvalue weighted by Gasteiger charge is 2.59. The second-order valence-corrected chi connectivity index (χ2v) is 20.7. The van der Waals surface area contributed by atoms with E-state index in [-0.39, 0.29) is 12.8 Å². The first-order chi connectivity index (χ1) is 29.0. The fourth-order valence-electron chi connectivity index (χ4n) is 6.65. The molecule has 4 unspecified atom stereocenters. The zero-order valence-corrected chi connectivity index (χ0v) is 39.8. The van der Waals surface area contributed by atoms with Gasteiger partial charge in [-0.15, -0.1) is 0 Å². The number of esters is 2. The van der Waals surface area contributed by atoms with Crippen LogP contribution in [-0.4, -0.2) is 118 Å². The van der Waals surface area contributed by atoms with Gasteiger partial charge in [0, 0.05) is 12.8 Å². The number of hydrogen-bond donors (Lipinski definition) is 10. The van der Waals surface area contributed by atoms with Gasteiger partial charge in [0.2, 0.25) is 0 Å². The maximum atomic E-state index is 13.2. The third kappa shape index (κ3) is 29.3. The number of ether oxygens (including phenoxy) is 2. The molecule has 27 heteroatoms. The minimum atomic E-state index is -5.78. The van der Waals surface area contributed by atoms with Crippen molar-refractivity contribution in [3.63, 3.8) is 0 Å². The van der Waals surface area contributed by atoms with Crippen LogP contribution in [0.4, 0.5) is 0 Å². The highest BCUT2D eigenvalue weighted by molar-refractivity contribution is 7.80. The molecule has 1 saturated carbocycles. The maximum Gasteiger partial charge on any atom is 0.472 e. The van der Waals surface area contributed by atoms with E-state index in [0.29, 0.717) is 12.8 Å². The molecule has 9 N–H and O–H groups in total. The molecule has 0 spiro atoms. The molecule has 1 fully saturated rings. The van der Waals surface area contributed by atoms with Crippen LogP contribution < -0.4 is 0 Å². The molecule has 0 radical (unpaired) electrons. The SMILES string of the molecule is CCCCCCCCCCCCCCCC(=O)O[C@@H](COC(=O)CCCCCCCCCS)COP(=O)(O)OC1C(O)[C@@H](OP(=O)(O)O)C(OP(=O)(O)O)[C@@H](OP(=O)(O)O)[C@H]1O. The average Bonchev–Trinajstić information content (AvgIpc) is 3.16. The molecule has 0 saturated heterocycles. The lowest BCUT2D eigenvalue weighted by Gasteiger charge is -2.45. The predicted octanol–water partition coefficient (Wildman–Crippen LogP) is 5.64. The van der Waals surface area contributed by atoms with Crippen molar-refractivity contribution in [3.8, 4) is 0 Å². The van der Waals surface area contributed by atoms with Gasteiger partial charge in [-0.3, -0.25) is 32.2 Å². The van der Waals surface area contributed by atoms with E-state index in [1.54, 1.807) is 0 Å². The number of rotatable bonds is 37. The summed E-state index contributed by atoms with van der Waals surface area (Å²) in [6.07, 6.45) is 2.28. The Kier molecular flexibility index (Phi) is 30.4. The molecule has 0 aliphatic heterocycles. The van der Waals surface area contributed by atoms with Crippen LogP contribution in [0.25, 0.3) is 0 Å². The largest absolute Gasteiger partial charge is 0.472 e. The zero-order chi connectivity index (χ0) is 46.8. The third-order valence-corrected chi connectivity index (χ3v) is 12.6. The van der Waals surface area contributed by atoms with Crippen LogP contribution in [0.3, 0.4) is 0 Å². The molecule has 0 aromatic heterocycles. The maximum absolute atomic E-state index is 13.2. The number of aliphatic hydroxyl groups is 2. The van der Waals surface area contributed by atoms with Gasteiger partial charge in [0.05, 0.1) is 6.61 Å². The molecular formula is C35H70O22P4S. The number of thiol groups is 1. The van der Waals surface area contributed by atoms with E-state index in [9.17, 15) is 72.3 Å². The Morgan fingerprint density at radius 2 is 0.871 bits per heavy atom. The van der Waals surface area contributed by atoms with Crippen LogP contribution in [0.1, 0.15) is 148 Å². The van der Waals surface area contributed by atoms with Crippen molar-refractivity contribution in [2.24, 2.45) is 0 Å². The average molecular weight is 999 g/mol. The van der Waals surface area contributed by atoms with Crippen molar-refractivity contribution in [1.29, 1.82) is 0 Å². The predicted molar refractivity (Wildman–Crippen MR) is 225 cm³/mol. The number of carbonyl (C=O) groups is 2. The smallest absolute Gasteiger partial charge is 0.462 e. The van der Waals surface area contributed by atoms with Crippen LogP contribution >= 0.6 is 43.9 Å². The van der Waals surface area contributed by atoms with Crippen molar-refractivity contribution < 1.29 is 104 Å². The molecule has 1 aliphatic carbocycles. The van der Waals surface area contributed by atoms with E-state index in [1.807, 2.05) is 0 Å².